The van der Waals surface area contributed by atoms with Gasteiger partial charge in [0.1, 0.15) is 5.82 Å². The minimum absolute atomic E-state index is 0.0444. The van der Waals surface area contributed by atoms with Crippen molar-refractivity contribution in [1.29, 1.82) is 0 Å². The Labute approximate surface area is 120 Å². The van der Waals surface area contributed by atoms with Gasteiger partial charge in [-0.25, -0.2) is 4.98 Å². The summed E-state index contributed by atoms with van der Waals surface area (Å²) in [6, 6.07) is 8.13. The standard InChI is InChI=1S/C13H16BrN3S/c1-2-17-8-7-16-13(17)11(15)9-18-12-6-4-3-5-10(12)14/h3-8,11H,2,9,15H2,1H3. The molecule has 1 aromatic heterocycles. The molecule has 5 heteroatoms. The highest BCUT2D eigenvalue weighted by atomic mass is 79.9. The third kappa shape index (κ3) is 3.16. The molecule has 1 atom stereocenters. The molecule has 1 aromatic carbocycles. The lowest BCUT2D eigenvalue weighted by Crippen LogP contribution is -2.18. The molecule has 2 rings (SSSR count). The number of nitrogens with two attached hydrogens (primary N) is 1. The Morgan fingerprint density at radius 3 is 2.94 bits per heavy atom. The molecule has 96 valence electrons. The number of hydrogen-bond donors (Lipinski definition) is 1. The third-order valence-corrected chi connectivity index (χ3v) is 4.82. The van der Waals surface area contributed by atoms with Gasteiger partial charge in [-0.1, -0.05) is 12.1 Å². The number of halogens is 1. The highest BCUT2D eigenvalue weighted by Gasteiger charge is 2.12. The number of aryl methyl sites for hydroxylation is 1. The Kier molecular flexibility index (Phi) is 4.86. The molecule has 2 N–H and O–H groups in total. The van der Waals surface area contributed by atoms with Gasteiger partial charge in [0, 0.05) is 34.1 Å². The van der Waals surface area contributed by atoms with E-state index in [0.717, 1.165) is 22.6 Å². The lowest BCUT2D eigenvalue weighted by Gasteiger charge is -2.13. The van der Waals surface area contributed by atoms with Crippen molar-refractivity contribution in [2.45, 2.75) is 24.4 Å². The Bertz CT molecular complexity index is 512. The Hall–Kier alpha value is -0.780. The van der Waals surface area contributed by atoms with E-state index in [2.05, 4.69) is 38.5 Å². The van der Waals surface area contributed by atoms with Crippen LogP contribution in [0.4, 0.5) is 0 Å². The molecule has 0 saturated heterocycles. The van der Waals surface area contributed by atoms with Crippen molar-refractivity contribution in [2.24, 2.45) is 5.73 Å². The third-order valence-electron chi connectivity index (χ3n) is 2.68. The molecule has 0 saturated carbocycles. The minimum atomic E-state index is -0.0444. The van der Waals surface area contributed by atoms with Crippen molar-refractivity contribution < 1.29 is 0 Å². The van der Waals surface area contributed by atoms with Crippen LogP contribution in [0.1, 0.15) is 18.8 Å². The first-order chi connectivity index (χ1) is 8.72. The number of imidazole rings is 1. The molecule has 0 spiro atoms. The summed E-state index contributed by atoms with van der Waals surface area (Å²) in [5.41, 5.74) is 6.19. The quantitative estimate of drug-likeness (QED) is 0.856. The number of hydrogen-bond acceptors (Lipinski definition) is 3. The van der Waals surface area contributed by atoms with Crippen molar-refractivity contribution in [3.05, 3.63) is 47.0 Å². The van der Waals surface area contributed by atoms with Crippen molar-refractivity contribution in [3.8, 4) is 0 Å². The number of aromatic nitrogens is 2. The maximum atomic E-state index is 6.19. The molecule has 0 aliphatic rings. The van der Waals surface area contributed by atoms with Gasteiger partial charge >= 0.3 is 0 Å². The topological polar surface area (TPSA) is 43.8 Å². The molecule has 0 fully saturated rings. The first-order valence-electron chi connectivity index (χ1n) is 5.86. The summed E-state index contributed by atoms with van der Waals surface area (Å²) in [4.78, 5) is 5.55. The molecule has 2 aromatic rings. The maximum Gasteiger partial charge on any atom is 0.126 e. The zero-order valence-corrected chi connectivity index (χ0v) is 12.6. The second-order valence-electron chi connectivity index (χ2n) is 3.92. The van der Waals surface area contributed by atoms with Crippen LogP contribution in [0.5, 0.6) is 0 Å². The van der Waals surface area contributed by atoms with E-state index < -0.39 is 0 Å². The number of rotatable bonds is 5. The van der Waals surface area contributed by atoms with Crippen LogP contribution in [-0.4, -0.2) is 15.3 Å². The van der Waals surface area contributed by atoms with Crippen molar-refractivity contribution in [2.75, 3.05) is 5.75 Å². The van der Waals surface area contributed by atoms with E-state index in [1.165, 1.54) is 4.90 Å². The molecule has 0 amide bonds. The Morgan fingerprint density at radius 1 is 1.44 bits per heavy atom. The van der Waals surface area contributed by atoms with E-state index in [1.807, 2.05) is 30.6 Å². The molecule has 0 aliphatic heterocycles. The summed E-state index contributed by atoms with van der Waals surface area (Å²) in [5, 5.41) is 0. The average molecular weight is 326 g/mol. The number of thioether (sulfide) groups is 1. The van der Waals surface area contributed by atoms with Gasteiger partial charge in [-0.2, -0.15) is 0 Å². The first kappa shape index (κ1) is 13.6. The summed E-state index contributed by atoms with van der Waals surface area (Å²) in [6.07, 6.45) is 3.78. The molecule has 18 heavy (non-hydrogen) atoms. The Morgan fingerprint density at radius 2 is 2.22 bits per heavy atom. The van der Waals surface area contributed by atoms with Crippen LogP contribution in [0.2, 0.25) is 0 Å². The Balaban J connectivity index is 2.01. The SMILES string of the molecule is CCn1ccnc1C(N)CSc1ccccc1Br. The molecule has 1 unspecified atom stereocenters. The summed E-state index contributed by atoms with van der Waals surface area (Å²) in [6.45, 7) is 3.00. The monoisotopic (exact) mass is 325 g/mol. The van der Waals surface area contributed by atoms with Crippen LogP contribution in [0.15, 0.2) is 46.0 Å². The zero-order valence-electron chi connectivity index (χ0n) is 10.2. The lowest BCUT2D eigenvalue weighted by molar-refractivity contribution is 0.642. The van der Waals surface area contributed by atoms with Gasteiger partial charge in [-0.3, -0.25) is 0 Å². The maximum absolute atomic E-state index is 6.19. The highest BCUT2D eigenvalue weighted by Crippen LogP contribution is 2.29. The predicted octanol–water partition coefficient (Wildman–Crippen LogP) is 3.46. The highest BCUT2D eigenvalue weighted by molar-refractivity contribution is 9.10. The van der Waals surface area contributed by atoms with Crippen LogP contribution in [0.25, 0.3) is 0 Å². The zero-order chi connectivity index (χ0) is 13.0. The van der Waals surface area contributed by atoms with Gasteiger partial charge < -0.3 is 10.3 Å². The van der Waals surface area contributed by atoms with Crippen molar-refractivity contribution in [3.63, 3.8) is 0 Å². The van der Waals surface area contributed by atoms with E-state index in [4.69, 9.17) is 5.73 Å². The van der Waals surface area contributed by atoms with E-state index in [1.54, 1.807) is 11.8 Å². The molecule has 3 nitrogen and oxygen atoms in total. The molecule has 0 aliphatic carbocycles. The number of benzene rings is 1. The molecule has 1 heterocycles. The number of nitrogens with zero attached hydrogens (tertiary/aromatic N) is 2. The summed E-state index contributed by atoms with van der Waals surface area (Å²) >= 11 is 5.29. The molecule has 0 radical (unpaired) electrons. The van der Waals surface area contributed by atoms with Gasteiger partial charge in [0.2, 0.25) is 0 Å². The second-order valence-corrected chi connectivity index (χ2v) is 5.84. The molecular weight excluding hydrogens is 310 g/mol. The molecule has 0 bridgehead atoms. The van der Waals surface area contributed by atoms with Gasteiger partial charge in [0.25, 0.3) is 0 Å². The van der Waals surface area contributed by atoms with Gasteiger partial charge in [-0.05, 0) is 35.0 Å². The smallest absolute Gasteiger partial charge is 0.126 e. The minimum Gasteiger partial charge on any atom is -0.334 e. The summed E-state index contributed by atoms with van der Waals surface area (Å²) in [7, 11) is 0. The van der Waals surface area contributed by atoms with E-state index in [9.17, 15) is 0 Å². The van der Waals surface area contributed by atoms with Gasteiger partial charge in [-0.15, -0.1) is 11.8 Å². The fraction of sp³-hybridized carbons (Fsp3) is 0.308. The van der Waals surface area contributed by atoms with Crippen LogP contribution >= 0.6 is 27.7 Å². The van der Waals surface area contributed by atoms with Gasteiger partial charge in [0.15, 0.2) is 0 Å². The van der Waals surface area contributed by atoms with Crippen LogP contribution < -0.4 is 5.73 Å². The fourth-order valence-corrected chi connectivity index (χ4v) is 3.25. The van der Waals surface area contributed by atoms with E-state index in [0.29, 0.717) is 0 Å². The fourth-order valence-electron chi connectivity index (χ4n) is 1.73. The summed E-state index contributed by atoms with van der Waals surface area (Å²) in [5.74, 6) is 1.77. The summed E-state index contributed by atoms with van der Waals surface area (Å²) < 4.78 is 3.20. The van der Waals surface area contributed by atoms with Crippen molar-refractivity contribution >= 4 is 27.7 Å². The van der Waals surface area contributed by atoms with Crippen LogP contribution in [-0.2, 0) is 6.54 Å². The van der Waals surface area contributed by atoms with E-state index in [-0.39, 0.29) is 6.04 Å². The predicted molar refractivity (Wildman–Crippen MR) is 79.7 cm³/mol. The van der Waals surface area contributed by atoms with Crippen molar-refractivity contribution in [1.82, 2.24) is 9.55 Å². The average Bonchev–Trinajstić information content (AvgIpc) is 2.86. The largest absolute Gasteiger partial charge is 0.334 e. The second kappa shape index (κ2) is 6.41. The first-order valence-corrected chi connectivity index (χ1v) is 7.64. The van der Waals surface area contributed by atoms with Gasteiger partial charge in [0.05, 0.1) is 6.04 Å². The van der Waals surface area contributed by atoms with E-state index >= 15 is 0 Å². The molecular formula is C13H16BrN3S. The van der Waals surface area contributed by atoms with Crippen LogP contribution in [0, 0.1) is 0 Å². The van der Waals surface area contributed by atoms with Crippen LogP contribution in [0.3, 0.4) is 0 Å². The lowest BCUT2D eigenvalue weighted by atomic mass is 10.3. The normalized spacial score (nSPS) is 12.6.